The first-order valence-electron chi connectivity index (χ1n) is 28.6. The summed E-state index contributed by atoms with van der Waals surface area (Å²) in [5.41, 5.74) is 0. The molecule has 10 heteroatoms. The molecule has 0 aliphatic rings. The molecule has 72 heavy (non-hydrogen) atoms. The standard InChI is InChI=1S/C62H106NO8P/c1-6-8-10-12-14-16-18-20-21-22-23-24-25-26-27-28-29-30-31-32-33-34-35-36-37-38-39-40-41-43-45-47-49-51-53-55-62(65)71-60(59-70-72(66,67)69-57-56-63(3,4)5)58-68-61(64)54-52-50-48-46-44-42-19-17-15-13-11-9-7-2/h8,10,14,16-17,19-21,23-24,26-27,29-30,32-33,35-36,60H,6-7,9,11-13,15,18,22,25,28,31,34,37-59H2,1-5H3/p+1/b10-8-,16-14-,19-17-,21-20-,24-23-,27-26-,30-29-,33-32-,36-35-. The molecule has 0 saturated carbocycles. The number of nitrogens with zero attached hydrogens (tertiary/aromatic N) is 1. The van der Waals surface area contributed by atoms with Crippen LogP contribution in [0.1, 0.15) is 219 Å². The van der Waals surface area contributed by atoms with Crippen molar-refractivity contribution in [3.63, 3.8) is 0 Å². The number of phosphoric acid groups is 1. The summed E-state index contributed by atoms with van der Waals surface area (Å²) in [6.45, 7) is 4.27. The van der Waals surface area contributed by atoms with E-state index >= 15 is 0 Å². The van der Waals surface area contributed by atoms with Gasteiger partial charge in [0, 0.05) is 12.8 Å². The molecule has 2 unspecified atom stereocenters. The molecule has 0 aliphatic carbocycles. The Bertz CT molecular complexity index is 1580. The van der Waals surface area contributed by atoms with Gasteiger partial charge in [-0.2, -0.15) is 0 Å². The molecule has 2 atom stereocenters. The molecule has 0 heterocycles. The summed E-state index contributed by atoms with van der Waals surface area (Å²) in [6, 6.07) is 0. The third-order valence-electron chi connectivity index (χ3n) is 11.8. The third kappa shape index (κ3) is 56.0. The lowest BCUT2D eigenvalue weighted by atomic mass is 10.0. The zero-order chi connectivity index (χ0) is 52.7. The van der Waals surface area contributed by atoms with Gasteiger partial charge in [0.2, 0.25) is 0 Å². The van der Waals surface area contributed by atoms with Gasteiger partial charge < -0.3 is 18.9 Å². The van der Waals surface area contributed by atoms with E-state index in [2.05, 4.69) is 123 Å². The van der Waals surface area contributed by atoms with Crippen LogP contribution >= 0.6 is 7.82 Å². The van der Waals surface area contributed by atoms with E-state index in [0.717, 1.165) is 116 Å². The van der Waals surface area contributed by atoms with Crippen LogP contribution < -0.4 is 0 Å². The second-order valence-electron chi connectivity index (χ2n) is 19.9. The van der Waals surface area contributed by atoms with Gasteiger partial charge in [-0.3, -0.25) is 18.6 Å². The van der Waals surface area contributed by atoms with Crippen LogP contribution in [0.2, 0.25) is 0 Å². The molecule has 0 bridgehead atoms. The number of quaternary nitrogens is 1. The lowest BCUT2D eigenvalue weighted by molar-refractivity contribution is -0.870. The molecule has 0 saturated heterocycles. The summed E-state index contributed by atoms with van der Waals surface area (Å²) in [4.78, 5) is 35.6. The van der Waals surface area contributed by atoms with Gasteiger partial charge in [-0.05, 0) is 103 Å². The number of esters is 2. The van der Waals surface area contributed by atoms with Crippen molar-refractivity contribution in [2.45, 2.75) is 225 Å². The van der Waals surface area contributed by atoms with Crippen LogP contribution in [0.25, 0.3) is 0 Å². The SMILES string of the molecule is CC/C=C\C/C=C\C/C=C\C/C=C\C/C=C\C/C=C\C/C=C\C/C=C\CCCCCCCCCCCCC(=O)OC(COC(=O)CCCCCCC/C=C\CCCCCC)COP(=O)(O)OCC[N+](C)(C)C. The fourth-order valence-corrected chi connectivity index (χ4v) is 8.12. The fourth-order valence-electron chi connectivity index (χ4n) is 7.38. The summed E-state index contributed by atoms with van der Waals surface area (Å²) in [5.74, 6) is -0.818. The molecule has 0 aromatic heterocycles. The third-order valence-corrected chi connectivity index (χ3v) is 12.8. The highest BCUT2D eigenvalue weighted by atomic mass is 31.2. The Morgan fingerprint density at radius 3 is 1.19 bits per heavy atom. The zero-order valence-electron chi connectivity index (χ0n) is 46.6. The van der Waals surface area contributed by atoms with Gasteiger partial charge in [0.05, 0.1) is 27.7 Å². The first-order chi connectivity index (χ1) is 35.0. The molecular weight excluding hydrogens is 918 g/mol. The van der Waals surface area contributed by atoms with Crippen molar-refractivity contribution in [1.29, 1.82) is 0 Å². The second kappa shape index (κ2) is 52.5. The Kier molecular flexibility index (Phi) is 50.1. The van der Waals surface area contributed by atoms with Crippen LogP contribution in [0, 0.1) is 0 Å². The van der Waals surface area contributed by atoms with E-state index < -0.39 is 26.5 Å². The average molecular weight is 1030 g/mol. The van der Waals surface area contributed by atoms with Gasteiger partial charge in [0.15, 0.2) is 6.10 Å². The van der Waals surface area contributed by atoms with Gasteiger partial charge in [-0.15, -0.1) is 0 Å². The highest BCUT2D eigenvalue weighted by Gasteiger charge is 2.27. The first kappa shape index (κ1) is 68.7. The van der Waals surface area contributed by atoms with Crippen molar-refractivity contribution in [1.82, 2.24) is 0 Å². The van der Waals surface area contributed by atoms with Crippen LogP contribution in [-0.4, -0.2) is 74.9 Å². The minimum absolute atomic E-state index is 0.0250. The van der Waals surface area contributed by atoms with Gasteiger partial charge in [0.1, 0.15) is 19.8 Å². The second-order valence-corrected chi connectivity index (χ2v) is 21.4. The van der Waals surface area contributed by atoms with E-state index in [1.165, 1.54) is 70.6 Å². The molecular formula is C62H107NO8P+. The van der Waals surface area contributed by atoms with Gasteiger partial charge >= 0.3 is 19.8 Å². The lowest BCUT2D eigenvalue weighted by Crippen LogP contribution is -2.37. The van der Waals surface area contributed by atoms with Crippen LogP contribution in [-0.2, 0) is 32.7 Å². The summed E-state index contributed by atoms with van der Waals surface area (Å²) >= 11 is 0. The molecule has 0 rings (SSSR count). The van der Waals surface area contributed by atoms with Crippen molar-refractivity contribution in [2.75, 3.05) is 47.5 Å². The Labute approximate surface area is 442 Å². The maximum Gasteiger partial charge on any atom is 0.472 e. The van der Waals surface area contributed by atoms with Crippen LogP contribution in [0.5, 0.6) is 0 Å². The Hall–Kier alpha value is -3.33. The first-order valence-corrected chi connectivity index (χ1v) is 30.1. The smallest absolute Gasteiger partial charge is 0.462 e. The number of carbonyl (C=O) groups excluding carboxylic acids is 2. The van der Waals surface area contributed by atoms with Gasteiger partial charge in [0.25, 0.3) is 0 Å². The summed E-state index contributed by atoms with van der Waals surface area (Å²) < 4.78 is 34.5. The van der Waals surface area contributed by atoms with Crippen molar-refractivity contribution in [3.8, 4) is 0 Å². The quantitative estimate of drug-likeness (QED) is 0.0211. The number of carbonyl (C=O) groups is 2. The monoisotopic (exact) mass is 1020 g/mol. The number of likely N-dealkylation sites (N-methyl/N-ethyl adjacent to an activating group) is 1. The van der Waals surface area contributed by atoms with Crippen molar-refractivity contribution >= 4 is 19.8 Å². The van der Waals surface area contributed by atoms with Crippen LogP contribution in [0.15, 0.2) is 109 Å². The maximum absolute atomic E-state index is 12.8. The predicted molar refractivity (Wildman–Crippen MR) is 307 cm³/mol. The van der Waals surface area contributed by atoms with E-state index in [-0.39, 0.29) is 32.0 Å². The Morgan fingerprint density at radius 1 is 0.444 bits per heavy atom. The average Bonchev–Trinajstić information content (AvgIpc) is 3.34. The molecule has 9 nitrogen and oxygen atoms in total. The van der Waals surface area contributed by atoms with Crippen molar-refractivity contribution in [2.24, 2.45) is 0 Å². The topological polar surface area (TPSA) is 108 Å². The molecule has 0 amide bonds. The number of hydrogen-bond donors (Lipinski definition) is 1. The summed E-state index contributed by atoms with van der Waals surface area (Å²) in [5, 5.41) is 0. The lowest BCUT2D eigenvalue weighted by Gasteiger charge is -2.24. The number of rotatable bonds is 51. The molecule has 0 aliphatic heterocycles. The molecule has 0 spiro atoms. The molecule has 0 aromatic carbocycles. The van der Waals surface area contributed by atoms with E-state index in [1.54, 1.807) is 0 Å². The largest absolute Gasteiger partial charge is 0.472 e. The molecule has 412 valence electrons. The molecule has 0 aromatic rings. The minimum atomic E-state index is -4.39. The highest BCUT2D eigenvalue weighted by Crippen LogP contribution is 2.43. The molecule has 0 radical (unpaired) electrons. The van der Waals surface area contributed by atoms with Gasteiger partial charge in [-0.1, -0.05) is 213 Å². The number of phosphoric ester groups is 1. The summed E-state index contributed by atoms with van der Waals surface area (Å²) in [6.07, 6.45) is 73.0. The van der Waals surface area contributed by atoms with Crippen molar-refractivity contribution in [3.05, 3.63) is 109 Å². The van der Waals surface area contributed by atoms with Crippen LogP contribution in [0.3, 0.4) is 0 Å². The summed E-state index contributed by atoms with van der Waals surface area (Å²) in [7, 11) is 1.46. The van der Waals surface area contributed by atoms with Gasteiger partial charge in [-0.25, -0.2) is 4.57 Å². The number of hydrogen-bond acceptors (Lipinski definition) is 7. The molecule has 0 fully saturated rings. The van der Waals surface area contributed by atoms with E-state index in [0.29, 0.717) is 17.4 Å². The van der Waals surface area contributed by atoms with E-state index in [4.69, 9.17) is 18.5 Å². The maximum atomic E-state index is 12.8. The van der Waals surface area contributed by atoms with Crippen molar-refractivity contribution < 1.29 is 42.1 Å². The predicted octanol–water partition coefficient (Wildman–Crippen LogP) is 17.8. The fraction of sp³-hybridized carbons (Fsp3) is 0.677. The number of allylic oxidation sites excluding steroid dienone is 18. The minimum Gasteiger partial charge on any atom is -0.462 e. The zero-order valence-corrected chi connectivity index (χ0v) is 47.5. The normalized spacial score (nSPS) is 14.1. The van der Waals surface area contributed by atoms with E-state index in [9.17, 15) is 19.0 Å². The van der Waals surface area contributed by atoms with Crippen LogP contribution in [0.4, 0.5) is 0 Å². The highest BCUT2D eigenvalue weighted by molar-refractivity contribution is 7.47. The Balaban J connectivity index is 4.13. The Morgan fingerprint density at radius 2 is 0.792 bits per heavy atom. The molecule has 1 N–H and O–H groups in total. The van der Waals surface area contributed by atoms with E-state index in [1.807, 2.05) is 21.1 Å². The number of ether oxygens (including phenoxy) is 2. The number of unbranched alkanes of at least 4 members (excludes halogenated alkanes) is 19.